The van der Waals surface area contributed by atoms with Crippen molar-refractivity contribution in [1.29, 1.82) is 0 Å². The molecule has 1 aromatic rings. The summed E-state index contributed by atoms with van der Waals surface area (Å²) in [5, 5.41) is 8.93. The van der Waals surface area contributed by atoms with E-state index in [4.69, 9.17) is 26.8 Å². The highest BCUT2D eigenvalue weighted by Gasteiger charge is 2.33. The smallest absolute Gasteiger partial charge is 0.323 e. The molecule has 1 fully saturated rings. The molecule has 0 spiro atoms. The number of hydrogen-bond acceptors (Lipinski definition) is 6. The minimum atomic E-state index is -1.10. The van der Waals surface area contributed by atoms with Crippen molar-refractivity contribution in [2.45, 2.75) is 27.7 Å². The summed E-state index contributed by atoms with van der Waals surface area (Å²) in [4.78, 5) is 24.9. The zero-order chi connectivity index (χ0) is 19.4. The Morgan fingerprint density at radius 3 is 2.46 bits per heavy atom. The summed E-state index contributed by atoms with van der Waals surface area (Å²) < 4.78 is 11.7. The Hall–Kier alpha value is -2.06. The number of nitrogens with zero attached hydrogens (tertiary/aromatic N) is 1. The number of carboxylic acid groups (broad SMARTS) is 1. The predicted molar refractivity (Wildman–Crippen MR) is 106 cm³/mol. The van der Waals surface area contributed by atoms with Crippen LogP contribution in [-0.4, -0.2) is 46.0 Å². The third-order valence-corrected chi connectivity index (χ3v) is 5.12. The van der Waals surface area contributed by atoms with E-state index in [1.165, 1.54) is 0 Å². The average molecular weight is 396 g/mol. The van der Waals surface area contributed by atoms with Crippen molar-refractivity contribution in [2.75, 3.05) is 19.8 Å². The lowest BCUT2D eigenvalue weighted by Crippen LogP contribution is -2.33. The van der Waals surface area contributed by atoms with Gasteiger partial charge in [0.05, 0.1) is 18.1 Å². The third kappa shape index (κ3) is 4.19. The van der Waals surface area contributed by atoms with Crippen LogP contribution in [0.5, 0.6) is 11.5 Å². The van der Waals surface area contributed by atoms with Gasteiger partial charge in [-0.3, -0.25) is 14.5 Å². The van der Waals surface area contributed by atoms with Crippen molar-refractivity contribution in [2.24, 2.45) is 0 Å². The normalized spacial score (nSPS) is 15.7. The number of thiocarbonyl (C=S) groups is 1. The van der Waals surface area contributed by atoms with Crippen molar-refractivity contribution < 1.29 is 24.2 Å². The second-order valence-corrected chi connectivity index (χ2v) is 7.27. The van der Waals surface area contributed by atoms with E-state index < -0.39 is 18.4 Å². The lowest BCUT2D eigenvalue weighted by atomic mass is 10.0. The van der Waals surface area contributed by atoms with Crippen LogP contribution in [0.4, 0.5) is 0 Å². The van der Waals surface area contributed by atoms with Crippen molar-refractivity contribution in [3.8, 4) is 11.5 Å². The van der Waals surface area contributed by atoms with Gasteiger partial charge in [0.1, 0.15) is 10.9 Å². The number of aliphatic carboxylic acids is 1. The molecule has 1 saturated heterocycles. The van der Waals surface area contributed by atoms with E-state index in [-0.39, 0.29) is 4.32 Å². The Kier molecular flexibility index (Phi) is 6.66. The molecule has 1 aromatic carbocycles. The lowest BCUT2D eigenvalue weighted by molar-refractivity contribution is -0.140. The van der Waals surface area contributed by atoms with E-state index >= 15 is 0 Å². The van der Waals surface area contributed by atoms with Gasteiger partial charge in [-0.25, -0.2) is 0 Å². The molecule has 1 N–H and O–H groups in total. The van der Waals surface area contributed by atoms with Crippen LogP contribution in [0.25, 0.3) is 6.08 Å². The Bertz CT molecular complexity index is 788. The molecule has 0 atom stereocenters. The lowest BCUT2D eigenvalue weighted by Gasteiger charge is -2.18. The second-order valence-electron chi connectivity index (χ2n) is 5.59. The topological polar surface area (TPSA) is 76.1 Å². The average Bonchev–Trinajstić information content (AvgIpc) is 2.82. The molecule has 0 aliphatic carbocycles. The van der Waals surface area contributed by atoms with Crippen LogP contribution < -0.4 is 9.47 Å². The zero-order valence-corrected chi connectivity index (χ0v) is 16.8. The molecule has 0 aromatic heterocycles. The van der Waals surface area contributed by atoms with E-state index in [1.54, 1.807) is 6.08 Å². The largest absolute Gasteiger partial charge is 0.490 e. The standard InChI is InChI=1S/C18H21NO5S2/c1-5-23-15-10(3)7-12(11(4)16(15)24-6-2)8-13-17(22)19(9-14(20)21)18(25)26-13/h7-8H,5-6,9H2,1-4H3,(H,20,21)/b13-8+. The number of ether oxygens (including phenoxy) is 2. The van der Waals surface area contributed by atoms with Crippen LogP contribution in [0.15, 0.2) is 11.0 Å². The molecule has 1 aliphatic heterocycles. The molecule has 1 amide bonds. The highest BCUT2D eigenvalue weighted by atomic mass is 32.2. The number of carbonyl (C=O) groups is 2. The molecule has 140 valence electrons. The summed E-state index contributed by atoms with van der Waals surface area (Å²) in [7, 11) is 0. The van der Waals surface area contributed by atoms with Crippen LogP contribution in [0.1, 0.15) is 30.5 Å². The van der Waals surface area contributed by atoms with Gasteiger partial charge >= 0.3 is 5.97 Å². The van der Waals surface area contributed by atoms with Crippen LogP contribution in [0, 0.1) is 13.8 Å². The summed E-state index contributed by atoms with van der Waals surface area (Å²) in [6.07, 6.45) is 1.72. The van der Waals surface area contributed by atoms with E-state index in [9.17, 15) is 9.59 Å². The van der Waals surface area contributed by atoms with Gasteiger partial charge in [0.2, 0.25) is 0 Å². The predicted octanol–water partition coefficient (Wildman–Crippen LogP) is 3.39. The first-order valence-electron chi connectivity index (χ1n) is 8.17. The number of carboxylic acids is 1. The molecule has 0 radical (unpaired) electrons. The highest BCUT2D eigenvalue weighted by molar-refractivity contribution is 8.26. The second kappa shape index (κ2) is 8.55. The van der Waals surface area contributed by atoms with Gasteiger partial charge in [-0.1, -0.05) is 24.0 Å². The minimum Gasteiger partial charge on any atom is -0.490 e. The Balaban J connectivity index is 2.46. The summed E-state index contributed by atoms with van der Waals surface area (Å²) in [6, 6.07) is 1.92. The Morgan fingerprint density at radius 1 is 1.27 bits per heavy atom. The fourth-order valence-corrected chi connectivity index (χ4v) is 3.84. The third-order valence-electron chi connectivity index (χ3n) is 3.74. The van der Waals surface area contributed by atoms with Crippen LogP contribution >= 0.6 is 24.0 Å². The molecule has 26 heavy (non-hydrogen) atoms. The molecule has 0 unspecified atom stereocenters. The maximum Gasteiger partial charge on any atom is 0.323 e. The first-order valence-corrected chi connectivity index (χ1v) is 9.39. The molecule has 0 saturated carbocycles. The number of thioether (sulfide) groups is 1. The zero-order valence-electron chi connectivity index (χ0n) is 15.1. The fraction of sp³-hybridized carbons (Fsp3) is 0.389. The molecular weight excluding hydrogens is 374 g/mol. The molecule has 1 heterocycles. The SMILES string of the molecule is CCOc1c(C)cc(/C=C2/SC(=S)N(CC(=O)O)C2=O)c(C)c1OCC. The number of rotatable bonds is 7. The van der Waals surface area contributed by atoms with E-state index in [2.05, 4.69) is 0 Å². The first kappa shape index (κ1) is 20.3. The molecular formula is C18H21NO5S2. The maximum atomic E-state index is 12.5. The van der Waals surface area contributed by atoms with E-state index in [1.807, 2.05) is 33.8 Å². The fourth-order valence-electron chi connectivity index (χ4n) is 2.59. The molecule has 6 nitrogen and oxygen atoms in total. The number of aryl methyl sites for hydroxylation is 1. The molecule has 8 heteroatoms. The monoisotopic (exact) mass is 395 g/mol. The molecule has 1 aliphatic rings. The van der Waals surface area contributed by atoms with Gasteiger partial charge in [-0.15, -0.1) is 0 Å². The van der Waals surface area contributed by atoms with Gasteiger partial charge in [0, 0.05) is 5.56 Å². The summed E-state index contributed by atoms with van der Waals surface area (Å²) in [5.74, 6) is -0.149. The quantitative estimate of drug-likeness (QED) is 0.560. The Labute approximate surface area is 162 Å². The summed E-state index contributed by atoms with van der Waals surface area (Å²) >= 11 is 6.23. The van der Waals surface area contributed by atoms with Crippen molar-refractivity contribution >= 4 is 46.3 Å². The highest BCUT2D eigenvalue weighted by Crippen LogP contribution is 2.39. The van der Waals surface area contributed by atoms with Gasteiger partial charge in [0.15, 0.2) is 11.5 Å². The maximum absolute atomic E-state index is 12.5. The number of benzene rings is 1. The van der Waals surface area contributed by atoms with E-state index in [0.29, 0.717) is 29.6 Å². The van der Waals surface area contributed by atoms with Crippen LogP contribution in [0.3, 0.4) is 0 Å². The van der Waals surface area contributed by atoms with Gasteiger partial charge in [-0.2, -0.15) is 0 Å². The minimum absolute atomic E-state index is 0.244. The van der Waals surface area contributed by atoms with E-state index in [0.717, 1.165) is 33.4 Å². The number of hydrogen-bond donors (Lipinski definition) is 1. The van der Waals surface area contributed by atoms with Crippen molar-refractivity contribution in [3.63, 3.8) is 0 Å². The summed E-state index contributed by atoms with van der Waals surface area (Å²) in [5.41, 5.74) is 2.56. The van der Waals surface area contributed by atoms with Crippen molar-refractivity contribution in [3.05, 3.63) is 27.7 Å². The number of carbonyl (C=O) groups excluding carboxylic acids is 1. The number of amides is 1. The van der Waals surface area contributed by atoms with Gasteiger partial charge < -0.3 is 14.6 Å². The van der Waals surface area contributed by atoms with Crippen LogP contribution in [0.2, 0.25) is 0 Å². The Morgan fingerprint density at radius 2 is 1.88 bits per heavy atom. The first-order chi connectivity index (χ1) is 12.3. The molecule has 2 rings (SSSR count). The van der Waals surface area contributed by atoms with Crippen LogP contribution in [-0.2, 0) is 9.59 Å². The summed E-state index contributed by atoms with van der Waals surface area (Å²) in [6.45, 7) is 8.20. The van der Waals surface area contributed by atoms with Gasteiger partial charge in [-0.05, 0) is 51.0 Å². The van der Waals surface area contributed by atoms with Crippen molar-refractivity contribution in [1.82, 2.24) is 4.90 Å². The van der Waals surface area contributed by atoms with Gasteiger partial charge in [0.25, 0.3) is 5.91 Å². The molecule has 0 bridgehead atoms.